The van der Waals surface area contributed by atoms with Gasteiger partial charge in [-0.15, -0.1) is 11.3 Å². The largest absolute Gasteiger partial charge is 0.478 e. The number of rotatable bonds is 4. The van der Waals surface area contributed by atoms with Crippen molar-refractivity contribution >= 4 is 40.4 Å². The molecule has 1 aliphatic carbocycles. The van der Waals surface area contributed by atoms with Crippen molar-refractivity contribution in [1.82, 2.24) is 4.57 Å². The number of thiophene rings is 1. The molecule has 0 bridgehead atoms. The van der Waals surface area contributed by atoms with Crippen LogP contribution >= 0.6 is 22.7 Å². The molecule has 0 fully saturated rings. The van der Waals surface area contributed by atoms with Crippen LogP contribution in [0.3, 0.4) is 0 Å². The molecular weight excluding hydrogens is 516 g/mol. The van der Waals surface area contributed by atoms with Crippen molar-refractivity contribution in [2.45, 2.75) is 18.9 Å². The zero-order chi connectivity index (χ0) is 25.8. The van der Waals surface area contributed by atoms with Gasteiger partial charge in [-0.25, -0.2) is 9.79 Å². The SMILES string of the molecule is O=C(O)c1ccccc1-c1ccc(/C=c2\sc3n(c2=O)[C@H](c2cccs2)C2=C(N=3)c3ccccc3CC2)o1. The number of aryl methyl sites for hydroxylation is 1. The number of carboxylic acid groups (broad SMARTS) is 1. The number of thiazole rings is 1. The summed E-state index contributed by atoms with van der Waals surface area (Å²) in [7, 11) is 0. The van der Waals surface area contributed by atoms with Crippen molar-refractivity contribution in [2.24, 2.45) is 4.99 Å². The van der Waals surface area contributed by atoms with Crippen molar-refractivity contribution in [1.29, 1.82) is 0 Å². The van der Waals surface area contributed by atoms with Crippen LogP contribution in [0.2, 0.25) is 0 Å². The van der Waals surface area contributed by atoms with E-state index in [-0.39, 0.29) is 17.2 Å². The monoisotopic (exact) mass is 536 g/mol. The lowest BCUT2D eigenvalue weighted by atomic mass is 9.85. The van der Waals surface area contributed by atoms with Crippen molar-refractivity contribution < 1.29 is 14.3 Å². The smallest absolute Gasteiger partial charge is 0.336 e. The molecule has 0 spiro atoms. The number of hydrogen-bond donors (Lipinski definition) is 1. The van der Waals surface area contributed by atoms with Gasteiger partial charge in [0.15, 0.2) is 4.80 Å². The molecule has 7 rings (SSSR count). The third kappa shape index (κ3) is 3.64. The van der Waals surface area contributed by atoms with Gasteiger partial charge in [0.1, 0.15) is 11.5 Å². The highest BCUT2D eigenvalue weighted by Gasteiger charge is 2.33. The minimum atomic E-state index is -1.02. The van der Waals surface area contributed by atoms with Crippen LogP contribution in [-0.4, -0.2) is 15.6 Å². The number of hydrogen-bond acceptors (Lipinski definition) is 6. The van der Waals surface area contributed by atoms with E-state index in [2.05, 4.69) is 24.3 Å². The highest BCUT2D eigenvalue weighted by atomic mass is 32.1. The fourth-order valence-electron chi connectivity index (χ4n) is 5.31. The Hall–Kier alpha value is -4.27. The molecule has 186 valence electrons. The Kier molecular flexibility index (Phi) is 5.38. The van der Waals surface area contributed by atoms with Crippen molar-refractivity contribution in [3.05, 3.63) is 131 Å². The maximum Gasteiger partial charge on any atom is 0.336 e. The van der Waals surface area contributed by atoms with Gasteiger partial charge in [-0.1, -0.05) is 59.9 Å². The number of aromatic nitrogens is 1. The second-order valence-electron chi connectivity index (χ2n) is 9.18. The van der Waals surface area contributed by atoms with Gasteiger partial charge in [0.25, 0.3) is 5.56 Å². The predicted molar refractivity (Wildman–Crippen MR) is 148 cm³/mol. The lowest BCUT2D eigenvalue weighted by Crippen LogP contribution is -2.38. The van der Waals surface area contributed by atoms with E-state index in [1.165, 1.54) is 22.5 Å². The summed E-state index contributed by atoms with van der Waals surface area (Å²) in [5, 5.41) is 11.6. The summed E-state index contributed by atoms with van der Waals surface area (Å²) >= 11 is 2.99. The number of allylic oxidation sites excluding steroid dienone is 1. The fraction of sp³-hybridized carbons (Fsp3) is 0.100. The molecule has 1 aliphatic heterocycles. The number of nitrogens with zero attached hydrogens (tertiary/aromatic N) is 2. The average molecular weight is 537 g/mol. The molecule has 0 amide bonds. The Morgan fingerprint density at radius 1 is 1.00 bits per heavy atom. The first-order chi connectivity index (χ1) is 18.6. The van der Waals surface area contributed by atoms with E-state index in [1.54, 1.807) is 53.8 Å². The Balaban J connectivity index is 1.38. The normalized spacial score (nSPS) is 16.5. The van der Waals surface area contributed by atoms with Crippen LogP contribution in [0.5, 0.6) is 0 Å². The minimum Gasteiger partial charge on any atom is -0.478 e. The van der Waals surface area contributed by atoms with Crippen LogP contribution in [0.25, 0.3) is 23.1 Å². The van der Waals surface area contributed by atoms with E-state index in [4.69, 9.17) is 9.41 Å². The summed E-state index contributed by atoms with van der Waals surface area (Å²) in [6.07, 6.45) is 3.50. The van der Waals surface area contributed by atoms with Crippen LogP contribution in [0.1, 0.15) is 44.6 Å². The summed E-state index contributed by atoms with van der Waals surface area (Å²) in [5.74, 6) is -0.108. The van der Waals surface area contributed by atoms with Gasteiger partial charge in [0.2, 0.25) is 0 Å². The number of fused-ring (bicyclic) bond motifs is 3. The Bertz CT molecular complexity index is 1940. The lowest BCUT2D eigenvalue weighted by molar-refractivity contribution is 0.0697. The molecule has 0 unspecified atom stereocenters. The van der Waals surface area contributed by atoms with Gasteiger partial charge in [-0.3, -0.25) is 9.36 Å². The molecule has 5 aromatic rings. The first-order valence-electron chi connectivity index (χ1n) is 12.2. The summed E-state index contributed by atoms with van der Waals surface area (Å²) in [5.41, 5.74) is 5.12. The van der Waals surface area contributed by atoms with Crippen LogP contribution in [0, 0.1) is 0 Å². The van der Waals surface area contributed by atoms with E-state index in [0.29, 0.717) is 26.4 Å². The molecule has 8 heteroatoms. The van der Waals surface area contributed by atoms with Gasteiger partial charge in [-0.2, -0.15) is 0 Å². The van der Waals surface area contributed by atoms with Crippen LogP contribution in [-0.2, 0) is 6.42 Å². The number of furan rings is 1. The van der Waals surface area contributed by atoms with Gasteiger partial charge >= 0.3 is 5.97 Å². The zero-order valence-corrected chi connectivity index (χ0v) is 21.6. The first-order valence-corrected chi connectivity index (χ1v) is 13.9. The topological polar surface area (TPSA) is 84.8 Å². The van der Waals surface area contributed by atoms with E-state index in [0.717, 1.165) is 29.0 Å². The predicted octanol–water partition coefficient (Wildman–Crippen LogP) is 5.34. The molecule has 2 aliphatic rings. The first kappa shape index (κ1) is 22.9. The van der Waals surface area contributed by atoms with Crippen LogP contribution < -0.4 is 14.9 Å². The molecule has 1 atom stereocenters. The molecule has 0 saturated heterocycles. The van der Waals surface area contributed by atoms with E-state index < -0.39 is 5.97 Å². The van der Waals surface area contributed by atoms with Crippen molar-refractivity contribution in [3.8, 4) is 11.3 Å². The summed E-state index contributed by atoms with van der Waals surface area (Å²) < 4.78 is 8.33. The van der Waals surface area contributed by atoms with Crippen molar-refractivity contribution in [2.75, 3.05) is 0 Å². The fourth-order valence-corrected chi connectivity index (χ4v) is 7.14. The highest BCUT2D eigenvalue weighted by Crippen LogP contribution is 2.42. The molecule has 6 nitrogen and oxygen atoms in total. The van der Waals surface area contributed by atoms with Gasteiger partial charge in [0.05, 0.1) is 21.8 Å². The Morgan fingerprint density at radius 3 is 2.63 bits per heavy atom. The minimum absolute atomic E-state index is 0.110. The molecule has 1 N–H and O–H groups in total. The second kappa shape index (κ2) is 8.93. The molecule has 38 heavy (non-hydrogen) atoms. The lowest BCUT2D eigenvalue weighted by Gasteiger charge is -2.30. The summed E-state index contributed by atoms with van der Waals surface area (Å²) in [6, 6.07) is 22.5. The standard InChI is InChI=1S/C30H20N2O4S2/c33-28-25(16-18-12-14-23(36-18)20-8-3-4-9-21(20)29(34)35)38-30-31-26-19-7-2-1-6-17(19)11-13-22(26)27(32(28)30)24-10-5-15-37-24/h1-10,12,14-16,27H,11,13H2,(H,34,35)/b25-16-/t27-/m0/s1. The molecule has 0 radical (unpaired) electrons. The third-order valence-electron chi connectivity index (χ3n) is 7.01. The average Bonchev–Trinajstić information content (AvgIpc) is 3.69. The summed E-state index contributed by atoms with van der Waals surface area (Å²) in [6.45, 7) is 0. The number of benzene rings is 2. The Morgan fingerprint density at radius 2 is 1.82 bits per heavy atom. The van der Waals surface area contributed by atoms with Gasteiger partial charge in [0, 0.05) is 22.1 Å². The molecular formula is C30H20N2O4S2. The van der Waals surface area contributed by atoms with E-state index >= 15 is 0 Å². The number of carbonyl (C=O) groups is 1. The molecule has 2 aromatic carbocycles. The Labute approximate surface area is 224 Å². The van der Waals surface area contributed by atoms with E-state index in [1.807, 2.05) is 22.1 Å². The molecule has 3 aromatic heterocycles. The van der Waals surface area contributed by atoms with Crippen LogP contribution in [0.4, 0.5) is 0 Å². The molecule has 0 saturated carbocycles. The molecule has 4 heterocycles. The zero-order valence-electron chi connectivity index (χ0n) is 20.0. The van der Waals surface area contributed by atoms with E-state index in [9.17, 15) is 14.7 Å². The third-order valence-corrected chi connectivity index (χ3v) is 8.92. The summed E-state index contributed by atoms with van der Waals surface area (Å²) in [4.78, 5) is 32.3. The highest BCUT2D eigenvalue weighted by molar-refractivity contribution is 7.10. The van der Waals surface area contributed by atoms with Crippen molar-refractivity contribution in [3.63, 3.8) is 0 Å². The van der Waals surface area contributed by atoms with Crippen LogP contribution in [0.15, 0.2) is 98.0 Å². The second-order valence-corrected chi connectivity index (χ2v) is 11.2. The quantitative estimate of drug-likeness (QED) is 0.336. The van der Waals surface area contributed by atoms with Gasteiger partial charge < -0.3 is 9.52 Å². The number of aromatic carboxylic acids is 1. The number of carboxylic acids is 1. The van der Waals surface area contributed by atoms with Gasteiger partial charge in [-0.05, 0) is 53.6 Å². The maximum atomic E-state index is 13.8. The maximum absolute atomic E-state index is 13.8.